The molecule has 0 aromatic heterocycles. The van der Waals surface area contributed by atoms with Crippen LogP contribution >= 0.6 is 0 Å². The molecule has 1 saturated heterocycles. The number of alkyl halides is 1. The summed E-state index contributed by atoms with van der Waals surface area (Å²) in [5.74, 6) is 0.763. The molecule has 82 valence electrons. The first-order valence-corrected chi connectivity index (χ1v) is 5.39. The quantitative estimate of drug-likeness (QED) is 0.821. The highest BCUT2D eigenvalue weighted by molar-refractivity contribution is 5.28. The molecule has 0 aliphatic carbocycles. The van der Waals surface area contributed by atoms with Gasteiger partial charge < -0.3 is 10.1 Å². The molecule has 0 spiro atoms. The predicted molar refractivity (Wildman–Crippen MR) is 57.8 cm³/mol. The van der Waals surface area contributed by atoms with Crippen molar-refractivity contribution in [3.63, 3.8) is 0 Å². The SMILES string of the molecule is FCc1cccc(OCC2CCCN2)c1. The Bertz CT molecular complexity index is 310. The zero-order valence-electron chi connectivity index (χ0n) is 8.71. The van der Waals surface area contributed by atoms with Crippen LogP contribution in [-0.4, -0.2) is 19.2 Å². The highest BCUT2D eigenvalue weighted by Crippen LogP contribution is 2.15. The molecule has 1 atom stereocenters. The fraction of sp³-hybridized carbons (Fsp3) is 0.500. The first-order chi connectivity index (χ1) is 7.38. The smallest absolute Gasteiger partial charge is 0.119 e. The lowest BCUT2D eigenvalue weighted by molar-refractivity contribution is 0.276. The van der Waals surface area contributed by atoms with E-state index >= 15 is 0 Å². The Balaban J connectivity index is 1.86. The van der Waals surface area contributed by atoms with Gasteiger partial charge in [-0.25, -0.2) is 4.39 Å². The Kier molecular flexibility index (Phi) is 3.56. The minimum absolute atomic E-state index is 0.432. The summed E-state index contributed by atoms with van der Waals surface area (Å²) in [6.45, 7) is 1.33. The van der Waals surface area contributed by atoms with E-state index in [1.54, 1.807) is 12.1 Å². The summed E-state index contributed by atoms with van der Waals surface area (Å²) in [6, 6.07) is 7.68. The average molecular weight is 209 g/mol. The topological polar surface area (TPSA) is 21.3 Å². The Morgan fingerprint density at radius 2 is 2.40 bits per heavy atom. The Morgan fingerprint density at radius 1 is 1.47 bits per heavy atom. The van der Waals surface area contributed by atoms with Crippen molar-refractivity contribution in [3.05, 3.63) is 29.8 Å². The standard InChI is InChI=1S/C12H16FNO/c13-8-10-3-1-5-12(7-10)15-9-11-4-2-6-14-11/h1,3,5,7,11,14H,2,4,6,8-9H2. The van der Waals surface area contributed by atoms with Gasteiger partial charge >= 0.3 is 0 Å². The molecule has 1 aliphatic rings. The molecular formula is C12H16FNO. The van der Waals surface area contributed by atoms with Crippen LogP contribution in [0.4, 0.5) is 4.39 Å². The first kappa shape index (κ1) is 10.4. The Hall–Kier alpha value is -1.09. The third-order valence-electron chi connectivity index (χ3n) is 2.67. The van der Waals surface area contributed by atoms with E-state index in [0.717, 1.165) is 12.3 Å². The number of halogens is 1. The van der Waals surface area contributed by atoms with Crippen LogP contribution in [0.2, 0.25) is 0 Å². The molecule has 0 amide bonds. The van der Waals surface area contributed by atoms with Crippen molar-refractivity contribution in [2.75, 3.05) is 13.2 Å². The summed E-state index contributed by atoms with van der Waals surface area (Å²) in [5, 5.41) is 3.36. The van der Waals surface area contributed by atoms with Crippen molar-refractivity contribution in [1.29, 1.82) is 0 Å². The largest absolute Gasteiger partial charge is 0.492 e. The molecule has 2 rings (SSSR count). The molecule has 1 fully saturated rings. The minimum atomic E-state index is -0.432. The molecule has 1 aromatic rings. The monoisotopic (exact) mass is 209 g/mol. The van der Waals surface area contributed by atoms with Gasteiger partial charge in [-0.15, -0.1) is 0 Å². The fourth-order valence-corrected chi connectivity index (χ4v) is 1.81. The highest BCUT2D eigenvalue weighted by Gasteiger charge is 2.14. The molecule has 1 heterocycles. The maximum atomic E-state index is 12.4. The molecule has 1 aromatic carbocycles. The number of hydrogen-bond donors (Lipinski definition) is 1. The van der Waals surface area contributed by atoms with Crippen LogP contribution in [0.15, 0.2) is 24.3 Å². The summed E-state index contributed by atoms with van der Waals surface area (Å²) < 4.78 is 18.0. The lowest BCUT2D eigenvalue weighted by Gasteiger charge is -2.12. The summed E-state index contributed by atoms with van der Waals surface area (Å²) in [4.78, 5) is 0. The molecule has 15 heavy (non-hydrogen) atoms. The first-order valence-electron chi connectivity index (χ1n) is 5.39. The van der Waals surface area contributed by atoms with Gasteiger partial charge in [-0.2, -0.15) is 0 Å². The zero-order valence-corrected chi connectivity index (χ0v) is 8.71. The van der Waals surface area contributed by atoms with Crippen LogP contribution in [0.3, 0.4) is 0 Å². The third kappa shape index (κ3) is 2.93. The van der Waals surface area contributed by atoms with E-state index in [4.69, 9.17) is 4.74 Å². The Labute approximate surface area is 89.4 Å². The molecule has 2 nitrogen and oxygen atoms in total. The van der Waals surface area contributed by atoms with Crippen molar-refractivity contribution in [2.24, 2.45) is 0 Å². The van der Waals surface area contributed by atoms with E-state index in [1.165, 1.54) is 12.8 Å². The normalized spacial score (nSPS) is 20.5. The van der Waals surface area contributed by atoms with Gasteiger partial charge in [-0.3, -0.25) is 0 Å². The number of ether oxygens (including phenoxy) is 1. The summed E-state index contributed by atoms with van der Waals surface area (Å²) in [6.07, 6.45) is 2.39. The second kappa shape index (κ2) is 5.12. The van der Waals surface area contributed by atoms with Crippen molar-refractivity contribution < 1.29 is 9.13 Å². The van der Waals surface area contributed by atoms with Crippen LogP contribution in [0, 0.1) is 0 Å². The average Bonchev–Trinajstić information content (AvgIpc) is 2.79. The van der Waals surface area contributed by atoms with E-state index in [0.29, 0.717) is 18.2 Å². The van der Waals surface area contributed by atoms with Crippen LogP contribution < -0.4 is 10.1 Å². The highest BCUT2D eigenvalue weighted by atomic mass is 19.1. The van der Waals surface area contributed by atoms with Gasteiger partial charge in [-0.05, 0) is 37.1 Å². The zero-order chi connectivity index (χ0) is 10.5. The molecule has 0 bridgehead atoms. The van der Waals surface area contributed by atoms with Gasteiger partial charge in [0.2, 0.25) is 0 Å². The second-order valence-electron chi connectivity index (χ2n) is 3.89. The number of rotatable bonds is 4. The number of hydrogen-bond acceptors (Lipinski definition) is 2. The minimum Gasteiger partial charge on any atom is -0.492 e. The van der Waals surface area contributed by atoms with Gasteiger partial charge in [0.05, 0.1) is 0 Å². The fourth-order valence-electron chi connectivity index (χ4n) is 1.81. The van der Waals surface area contributed by atoms with Gasteiger partial charge in [-0.1, -0.05) is 12.1 Å². The summed E-state index contributed by atoms with van der Waals surface area (Å²) in [7, 11) is 0. The van der Waals surface area contributed by atoms with Crippen LogP contribution in [0.1, 0.15) is 18.4 Å². The number of benzene rings is 1. The van der Waals surface area contributed by atoms with Gasteiger partial charge in [0.1, 0.15) is 19.0 Å². The van der Waals surface area contributed by atoms with Gasteiger partial charge in [0.25, 0.3) is 0 Å². The van der Waals surface area contributed by atoms with E-state index in [1.807, 2.05) is 12.1 Å². The van der Waals surface area contributed by atoms with Gasteiger partial charge in [0, 0.05) is 6.04 Å². The molecule has 3 heteroatoms. The molecule has 1 aliphatic heterocycles. The second-order valence-corrected chi connectivity index (χ2v) is 3.89. The molecule has 0 radical (unpaired) electrons. The van der Waals surface area contributed by atoms with Crippen molar-refractivity contribution in [3.8, 4) is 5.75 Å². The van der Waals surface area contributed by atoms with Crippen LogP contribution in [-0.2, 0) is 6.67 Å². The van der Waals surface area contributed by atoms with E-state index in [-0.39, 0.29) is 0 Å². The Morgan fingerprint density at radius 3 is 3.13 bits per heavy atom. The lowest BCUT2D eigenvalue weighted by Crippen LogP contribution is -2.28. The molecule has 1 unspecified atom stereocenters. The molecule has 1 N–H and O–H groups in total. The van der Waals surface area contributed by atoms with Crippen LogP contribution in [0.5, 0.6) is 5.75 Å². The van der Waals surface area contributed by atoms with Crippen LogP contribution in [0.25, 0.3) is 0 Å². The predicted octanol–water partition coefficient (Wildman–Crippen LogP) is 2.29. The maximum Gasteiger partial charge on any atom is 0.119 e. The van der Waals surface area contributed by atoms with E-state index < -0.39 is 6.67 Å². The van der Waals surface area contributed by atoms with Gasteiger partial charge in [0.15, 0.2) is 0 Å². The lowest BCUT2D eigenvalue weighted by atomic mass is 10.2. The maximum absolute atomic E-state index is 12.4. The summed E-state index contributed by atoms with van der Waals surface area (Å²) in [5.41, 5.74) is 0.673. The van der Waals surface area contributed by atoms with E-state index in [2.05, 4.69) is 5.32 Å². The number of nitrogens with one attached hydrogen (secondary N) is 1. The molecular weight excluding hydrogens is 193 g/mol. The van der Waals surface area contributed by atoms with E-state index in [9.17, 15) is 4.39 Å². The van der Waals surface area contributed by atoms with Crippen molar-refractivity contribution in [2.45, 2.75) is 25.6 Å². The third-order valence-corrected chi connectivity index (χ3v) is 2.67. The summed E-state index contributed by atoms with van der Waals surface area (Å²) >= 11 is 0. The van der Waals surface area contributed by atoms with Crippen molar-refractivity contribution >= 4 is 0 Å². The van der Waals surface area contributed by atoms with Crippen molar-refractivity contribution in [1.82, 2.24) is 5.32 Å². The molecule has 0 saturated carbocycles.